The number of hydrogen-bond donors (Lipinski definition) is 0. The third kappa shape index (κ3) is 0.866. The van der Waals surface area contributed by atoms with Gasteiger partial charge in [-0.15, -0.1) is 0 Å². The second-order valence-electron chi connectivity index (χ2n) is 3.50. The topological polar surface area (TPSA) is 26.3 Å². The molecule has 0 amide bonds. The summed E-state index contributed by atoms with van der Waals surface area (Å²) in [7, 11) is 0. The Labute approximate surface area is 74.4 Å². The first-order valence-electron chi connectivity index (χ1n) is 4.03. The highest BCUT2D eigenvalue weighted by Gasteiger charge is 2.57. The van der Waals surface area contributed by atoms with Crippen molar-refractivity contribution in [2.24, 2.45) is 5.41 Å². The number of halogens is 1. The van der Waals surface area contributed by atoms with Crippen LogP contribution in [0.15, 0.2) is 0 Å². The third-order valence-corrected chi connectivity index (χ3v) is 3.86. The largest absolute Gasteiger partial charge is 0.461 e. The van der Waals surface area contributed by atoms with Gasteiger partial charge in [0.1, 0.15) is 6.10 Å². The van der Waals surface area contributed by atoms with E-state index in [1.54, 1.807) is 0 Å². The molecule has 62 valence electrons. The summed E-state index contributed by atoms with van der Waals surface area (Å²) in [4.78, 5) is 11.7. The molecule has 3 heteroatoms. The Morgan fingerprint density at radius 2 is 2.45 bits per heavy atom. The van der Waals surface area contributed by atoms with Crippen molar-refractivity contribution in [1.29, 1.82) is 0 Å². The predicted molar refractivity (Wildman–Crippen MR) is 44.6 cm³/mol. The SMILES string of the molecule is CC[C@]12C[C@@H](Br)[C@H](C1)OC2=O. The van der Waals surface area contributed by atoms with E-state index in [-0.39, 0.29) is 17.5 Å². The Morgan fingerprint density at radius 3 is 2.82 bits per heavy atom. The van der Waals surface area contributed by atoms with Crippen molar-refractivity contribution < 1.29 is 9.53 Å². The van der Waals surface area contributed by atoms with Gasteiger partial charge >= 0.3 is 5.97 Å². The number of carbonyl (C=O) groups excluding carboxylic acids is 1. The summed E-state index contributed by atoms with van der Waals surface area (Å²) in [5.41, 5.74) is -0.126. The van der Waals surface area contributed by atoms with E-state index in [4.69, 9.17) is 4.74 Å². The molecule has 0 aromatic carbocycles. The number of rotatable bonds is 1. The molecule has 2 fully saturated rings. The second-order valence-corrected chi connectivity index (χ2v) is 4.68. The molecule has 1 heterocycles. The van der Waals surface area contributed by atoms with Crippen LogP contribution in [-0.4, -0.2) is 16.9 Å². The van der Waals surface area contributed by atoms with Crippen LogP contribution in [0.25, 0.3) is 0 Å². The highest BCUT2D eigenvalue weighted by atomic mass is 79.9. The van der Waals surface area contributed by atoms with Crippen molar-refractivity contribution in [2.75, 3.05) is 0 Å². The molecule has 2 nitrogen and oxygen atoms in total. The van der Waals surface area contributed by atoms with E-state index in [1.807, 2.05) is 0 Å². The zero-order valence-electron chi connectivity index (χ0n) is 6.47. The molecule has 3 atom stereocenters. The van der Waals surface area contributed by atoms with E-state index >= 15 is 0 Å². The number of ether oxygens (including phenoxy) is 1. The fourth-order valence-electron chi connectivity index (χ4n) is 2.08. The molecule has 0 spiro atoms. The fraction of sp³-hybridized carbons (Fsp3) is 0.875. The number of esters is 1. The van der Waals surface area contributed by atoms with Crippen LogP contribution in [0.5, 0.6) is 0 Å². The predicted octanol–water partition coefficient (Wildman–Crippen LogP) is 1.87. The van der Waals surface area contributed by atoms with Gasteiger partial charge in [0.25, 0.3) is 0 Å². The second kappa shape index (κ2) is 2.22. The summed E-state index contributed by atoms with van der Waals surface area (Å²) >= 11 is 3.52. The van der Waals surface area contributed by atoms with Gasteiger partial charge in [-0.1, -0.05) is 22.9 Å². The molecule has 1 aliphatic carbocycles. The minimum absolute atomic E-state index is 0.0284. The number of fused-ring (bicyclic) bond motifs is 2. The van der Waals surface area contributed by atoms with E-state index in [0.717, 1.165) is 19.3 Å². The van der Waals surface area contributed by atoms with Gasteiger partial charge in [0.15, 0.2) is 0 Å². The van der Waals surface area contributed by atoms with Gasteiger partial charge in [-0.2, -0.15) is 0 Å². The lowest BCUT2D eigenvalue weighted by molar-refractivity contribution is -0.152. The van der Waals surface area contributed by atoms with Crippen molar-refractivity contribution in [3.63, 3.8) is 0 Å². The van der Waals surface area contributed by atoms with Gasteiger partial charge in [-0.3, -0.25) is 4.79 Å². The minimum atomic E-state index is -0.126. The Hall–Kier alpha value is -0.0500. The van der Waals surface area contributed by atoms with E-state index in [0.29, 0.717) is 4.83 Å². The zero-order chi connectivity index (χ0) is 8.06. The first kappa shape index (κ1) is 7.59. The smallest absolute Gasteiger partial charge is 0.312 e. The fourth-order valence-corrected chi connectivity index (χ4v) is 2.99. The standard InChI is InChI=1S/C8H11BrO2/c1-2-8-3-5(9)6(4-8)11-7(8)10/h5-6H,2-4H2,1H3/t5-,6+,8+/m1/s1. The third-order valence-electron chi connectivity index (χ3n) is 2.95. The molecular formula is C8H11BrO2. The Kier molecular flexibility index (Phi) is 1.53. The highest BCUT2D eigenvalue weighted by molar-refractivity contribution is 9.09. The molecule has 2 aliphatic rings. The first-order valence-corrected chi connectivity index (χ1v) is 4.95. The van der Waals surface area contributed by atoms with Crippen LogP contribution in [0.2, 0.25) is 0 Å². The van der Waals surface area contributed by atoms with Gasteiger partial charge < -0.3 is 4.74 Å². The van der Waals surface area contributed by atoms with Crippen molar-refractivity contribution in [2.45, 2.75) is 37.1 Å². The van der Waals surface area contributed by atoms with Crippen LogP contribution in [0, 0.1) is 5.41 Å². The van der Waals surface area contributed by atoms with Gasteiger partial charge in [0, 0.05) is 6.42 Å². The molecule has 2 bridgehead atoms. The average Bonchev–Trinajstić information content (AvgIpc) is 2.43. The molecule has 0 aromatic heterocycles. The number of carbonyl (C=O) groups is 1. The van der Waals surface area contributed by atoms with Crippen LogP contribution in [0.4, 0.5) is 0 Å². The monoisotopic (exact) mass is 218 g/mol. The van der Waals surface area contributed by atoms with Crippen molar-refractivity contribution in [3.8, 4) is 0 Å². The molecule has 0 N–H and O–H groups in total. The minimum Gasteiger partial charge on any atom is -0.461 e. The summed E-state index contributed by atoms with van der Waals surface area (Å²) in [6.07, 6.45) is 2.97. The van der Waals surface area contributed by atoms with Crippen molar-refractivity contribution in [3.05, 3.63) is 0 Å². The Bertz CT molecular complexity index is 200. The normalized spacial score (nSPS) is 48.0. The van der Waals surface area contributed by atoms with Crippen LogP contribution >= 0.6 is 15.9 Å². The average molecular weight is 219 g/mol. The van der Waals surface area contributed by atoms with E-state index in [2.05, 4.69) is 22.9 Å². The maximum absolute atomic E-state index is 11.3. The molecule has 2 rings (SSSR count). The molecule has 0 radical (unpaired) electrons. The van der Waals surface area contributed by atoms with Crippen molar-refractivity contribution >= 4 is 21.9 Å². The van der Waals surface area contributed by atoms with Gasteiger partial charge in [0.05, 0.1) is 10.2 Å². The van der Waals surface area contributed by atoms with Crippen LogP contribution in [0.1, 0.15) is 26.2 Å². The summed E-state index contributed by atoms with van der Waals surface area (Å²) in [5, 5.41) is 0. The number of hydrogen-bond acceptors (Lipinski definition) is 2. The summed E-state index contributed by atoms with van der Waals surface area (Å²) in [6, 6.07) is 0. The van der Waals surface area contributed by atoms with Gasteiger partial charge in [-0.25, -0.2) is 0 Å². The Morgan fingerprint density at radius 1 is 1.73 bits per heavy atom. The molecule has 0 aromatic rings. The maximum Gasteiger partial charge on any atom is 0.312 e. The molecule has 0 unspecified atom stereocenters. The van der Waals surface area contributed by atoms with E-state index in [9.17, 15) is 4.79 Å². The van der Waals surface area contributed by atoms with E-state index in [1.165, 1.54) is 0 Å². The zero-order valence-corrected chi connectivity index (χ0v) is 8.06. The molecular weight excluding hydrogens is 208 g/mol. The lowest BCUT2D eigenvalue weighted by Gasteiger charge is -2.23. The Balaban J connectivity index is 2.27. The lowest BCUT2D eigenvalue weighted by atomic mass is 9.85. The molecule has 1 saturated heterocycles. The maximum atomic E-state index is 11.3. The first-order chi connectivity index (χ1) is 5.18. The molecule has 1 aliphatic heterocycles. The van der Waals surface area contributed by atoms with Crippen LogP contribution in [-0.2, 0) is 9.53 Å². The molecule has 11 heavy (non-hydrogen) atoms. The summed E-state index contributed by atoms with van der Waals surface area (Å²) in [6.45, 7) is 2.06. The highest BCUT2D eigenvalue weighted by Crippen LogP contribution is 2.51. The van der Waals surface area contributed by atoms with Crippen LogP contribution < -0.4 is 0 Å². The van der Waals surface area contributed by atoms with Crippen LogP contribution in [0.3, 0.4) is 0 Å². The summed E-state index contributed by atoms with van der Waals surface area (Å²) in [5.74, 6) is 0.0284. The van der Waals surface area contributed by atoms with Crippen molar-refractivity contribution in [1.82, 2.24) is 0 Å². The molecule has 1 saturated carbocycles. The van der Waals surface area contributed by atoms with Gasteiger partial charge in [0.2, 0.25) is 0 Å². The van der Waals surface area contributed by atoms with E-state index < -0.39 is 0 Å². The lowest BCUT2D eigenvalue weighted by Crippen LogP contribution is -2.30. The summed E-state index contributed by atoms with van der Waals surface area (Å²) < 4.78 is 5.18. The van der Waals surface area contributed by atoms with Gasteiger partial charge in [-0.05, 0) is 12.8 Å². The number of alkyl halides is 1. The quantitative estimate of drug-likeness (QED) is 0.497.